The number of rotatable bonds is 9. The van der Waals surface area contributed by atoms with Gasteiger partial charge in [-0.2, -0.15) is 0 Å². The second-order valence-electron chi connectivity index (χ2n) is 12.9. The zero-order chi connectivity index (χ0) is 38.5. The second-order valence-corrected chi connectivity index (χ2v) is 12.9. The van der Waals surface area contributed by atoms with Crippen molar-refractivity contribution in [2.75, 3.05) is 13.2 Å². The summed E-state index contributed by atoms with van der Waals surface area (Å²) in [6, 6.07) is 7.05. The third-order valence-corrected chi connectivity index (χ3v) is 9.32. The topological polar surface area (TPSA) is 328 Å². The lowest BCUT2D eigenvalue weighted by Gasteiger charge is -2.48. The lowest BCUT2D eigenvalue weighted by atomic mass is 9.96. The van der Waals surface area contributed by atoms with Gasteiger partial charge in [-0.25, -0.2) is 0 Å². The SMILES string of the molecule is CC1O[C@@H](OC2C(O[C@@H]3OC(CO)[C@@H](O)C(O)C3O)[C@H](O)C(CO)O[C@H]2Oc2c(-c3ccc(O)cc3)oc3cc(O)cc(O)c3c2=O)[C@@H](O)C(O)[C@H]1O. The molecule has 6 rings (SSSR count). The highest BCUT2D eigenvalue weighted by Crippen LogP contribution is 2.39. The van der Waals surface area contributed by atoms with Crippen LogP contribution in [-0.2, 0) is 23.7 Å². The van der Waals surface area contributed by atoms with Crippen LogP contribution >= 0.6 is 0 Å². The highest BCUT2D eigenvalue weighted by molar-refractivity contribution is 5.88. The van der Waals surface area contributed by atoms with Crippen molar-refractivity contribution in [2.45, 2.75) is 99.0 Å². The fraction of sp³-hybridized carbons (Fsp3) is 0.545. The van der Waals surface area contributed by atoms with Crippen LogP contribution in [0.4, 0.5) is 0 Å². The summed E-state index contributed by atoms with van der Waals surface area (Å²) < 4.78 is 40.8. The van der Waals surface area contributed by atoms with E-state index in [1.54, 1.807) is 0 Å². The number of hydrogen-bond donors (Lipinski definition) is 12. The molecule has 4 heterocycles. The Kier molecular flexibility index (Phi) is 11.5. The van der Waals surface area contributed by atoms with E-state index in [4.69, 9.17) is 32.8 Å². The molecule has 3 aromatic rings. The maximum Gasteiger partial charge on any atom is 0.239 e. The molecule has 0 spiro atoms. The minimum absolute atomic E-state index is 0.109. The summed E-state index contributed by atoms with van der Waals surface area (Å²) in [6.45, 7) is -0.451. The van der Waals surface area contributed by atoms with E-state index in [2.05, 4.69) is 0 Å². The summed E-state index contributed by atoms with van der Waals surface area (Å²) >= 11 is 0. The van der Waals surface area contributed by atoms with Gasteiger partial charge in [-0.05, 0) is 31.2 Å². The molecular weight excluding hydrogens is 716 g/mol. The van der Waals surface area contributed by atoms with Gasteiger partial charge in [-0.15, -0.1) is 0 Å². The van der Waals surface area contributed by atoms with Gasteiger partial charge in [0.1, 0.15) is 89.3 Å². The lowest BCUT2D eigenvalue weighted by Crippen LogP contribution is -2.67. The molecule has 2 aromatic carbocycles. The molecule has 3 fully saturated rings. The Hall–Kier alpha value is -3.71. The Labute approximate surface area is 298 Å². The van der Waals surface area contributed by atoms with Gasteiger partial charge in [-0.1, -0.05) is 0 Å². The van der Waals surface area contributed by atoms with Crippen molar-refractivity contribution in [3.8, 4) is 34.3 Å². The van der Waals surface area contributed by atoms with Crippen LogP contribution in [0.5, 0.6) is 23.0 Å². The van der Waals surface area contributed by atoms with E-state index in [-0.39, 0.29) is 22.7 Å². The van der Waals surface area contributed by atoms with Gasteiger partial charge >= 0.3 is 0 Å². The van der Waals surface area contributed by atoms with Gasteiger partial charge in [0.05, 0.1) is 19.3 Å². The van der Waals surface area contributed by atoms with Gasteiger partial charge in [0.15, 0.2) is 24.4 Å². The van der Waals surface area contributed by atoms with Crippen LogP contribution in [-0.4, -0.2) is 167 Å². The average Bonchev–Trinajstić information content (AvgIpc) is 3.12. The van der Waals surface area contributed by atoms with Crippen molar-refractivity contribution < 1.29 is 94.1 Å². The number of phenolic OH excluding ortho intramolecular Hbond substituents is 3. The smallest absolute Gasteiger partial charge is 0.239 e. The fourth-order valence-electron chi connectivity index (χ4n) is 6.35. The summed E-state index contributed by atoms with van der Waals surface area (Å²) in [4.78, 5) is 14.1. The molecule has 15 atom stereocenters. The van der Waals surface area contributed by atoms with Crippen molar-refractivity contribution in [2.24, 2.45) is 0 Å². The minimum Gasteiger partial charge on any atom is -0.508 e. The van der Waals surface area contributed by atoms with Gasteiger partial charge in [0, 0.05) is 17.7 Å². The number of hydrogen-bond acceptors (Lipinski definition) is 20. The molecule has 20 heteroatoms. The Morgan fingerprint density at radius 3 is 1.85 bits per heavy atom. The van der Waals surface area contributed by atoms with Crippen LogP contribution in [0, 0.1) is 0 Å². The first-order valence-corrected chi connectivity index (χ1v) is 16.4. The second kappa shape index (κ2) is 15.6. The Bertz CT molecular complexity index is 1780. The van der Waals surface area contributed by atoms with E-state index in [1.165, 1.54) is 31.2 Å². The Morgan fingerprint density at radius 1 is 0.642 bits per heavy atom. The monoisotopic (exact) mass is 756 g/mol. The maximum atomic E-state index is 14.1. The van der Waals surface area contributed by atoms with Crippen LogP contribution in [0.2, 0.25) is 0 Å². The van der Waals surface area contributed by atoms with Crippen LogP contribution in [0.3, 0.4) is 0 Å². The van der Waals surface area contributed by atoms with Crippen molar-refractivity contribution in [3.63, 3.8) is 0 Å². The average molecular weight is 757 g/mol. The van der Waals surface area contributed by atoms with Gasteiger partial charge in [0.2, 0.25) is 17.5 Å². The quantitative estimate of drug-likeness (QED) is 0.100. The van der Waals surface area contributed by atoms with E-state index in [9.17, 15) is 66.1 Å². The molecule has 20 nitrogen and oxygen atoms in total. The van der Waals surface area contributed by atoms with Crippen molar-refractivity contribution in [1.29, 1.82) is 0 Å². The summed E-state index contributed by atoms with van der Waals surface area (Å²) in [5.74, 6) is -2.40. The van der Waals surface area contributed by atoms with E-state index in [0.717, 1.165) is 12.1 Å². The Balaban J connectivity index is 1.47. The zero-order valence-electron chi connectivity index (χ0n) is 27.7. The number of benzene rings is 2. The van der Waals surface area contributed by atoms with Gasteiger partial charge in [-0.3, -0.25) is 4.79 Å². The van der Waals surface area contributed by atoms with Crippen molar-refractivity contribution >= 4 is 11.0 Å². The first-order chi connectivity index (χ1) is 25.1. The number of ether oxygens (including phenoxy) is 6. The first-order valence-electron chi connectivity index (χ1n) is 16.4. The third-order valence-electron chi connectivity index (χ3n) is 9.32. The maximum absolute atomic E-state index is 14.1. The first kappa shape index (κ1) is 39.0. The molecule has 8 unspecified atom stereocenters. The van der Waals surface area contributed by atoms with Gasteiger partial charge < -0.3 is 94.1 Å². The van der Waals surface area contributed by atoms with Crippen LogP contribution < -0.4 is 10.2 Å². The molecule has 0 amide bonds. The fourth-order valence-corrected chi connectivity index (χ4v) is 6.35. The molecule has 0 saturated carbocycles. The van der Waals surface area contributed by atoms with E-state index in [1.807, 2.05) is 0 Å². The van der Waals surface area contributed by atoms with E-state index in [0.29, 0.717) is 0 Å². The number of phenols is 3. The van der Waals surface area contributed by atoms with Crippen LogP contribution in [0.1, 0.15) is 6.92 Å². The summed E-state index contributed by atoms with van der Waals surface area (Å²) in [5.41, 5.74) is -1.24. The molecule has 292 valence electrons. The summed E-state index contributed by atoms with van der Waals surface area (Å²) in [7, 11) is 0. The predicted octanol–water partition coefficient (Wildman–Crippen LogP) is -3.57. The minimum atomic E-state index is -2.02. The van der Waals surface area contributed by atoms with E-state index >= 15 is 0 Å². The van der Waals surface area contributed by atoms with Crippen molar-refractivity contribution in [3.05, 3.63) is 46.6 Å². The normalized spacial score (nSPS) is 37.8. The largest absolute Gasteiger partial charge is 0.508 e. The molecule has 3 aliphatic heterocycles. The van der Waals surface area contributed by atoms with Crippen molar-refractivity contribution in [1.82, 2.24) is 0 Å². The lowest BCUT2D eigenvalue weighted by molar-refractivity contribution is -0.383. The summed E-state index contributed by atoms with van der Waals surface area (Å²) in [5, 5.41) is 125. The molecule has 12 N–H and O–H groups in total. The molecule has 1 aromatic heterocycles. The number of aliphatic hydroxyl groups is 9. The third kappa shape index (κ3) is 7.39. The molecule has 53 heavy (non-hydrogen) atoms. The molecule has 0 aliphatic carbocycles. The summed E-state index contributed by atoms with van der Waals surface area (Å²) in [6.07, 6.45) is -26.9. The van der Waals surface area contributed by atoms with Crippen LogP contribution in [0.15, 0.2) is 45.6 Å². The van der Waals surface area contributed by atoms with Crippen LogP contribution in [0.25, 0.3) is 22.3 Å². The highest BCUT2D eigenvalue weighted by Gasteiger charge is 2.55. The molecular formula is C33H40O20. The standard InChI is InChI=1S/C33H40O20/c1-10-19(39)23(43)25(45)31(47-10)53-30-28(51-32-26(46)24(44)20(40)16(8-34)49-32)21(41)17(9-35)50-33(30)52-29-22(42)18-14(38)6-13(37)7-15(18)48-27(29)11-2-4-12(36)5-3-11/h2-7,10,16-17,19-21,23-26,28,30-41,43-46H,8-9H2,1H3/t10?,16?,17?,19-,20+,21+,23?,24?,25-,26?,28?,30?,31-,32-,33-/m0/s1. The Morgan fingerprint density at radius 2 is 1.21 bits per heavy atom. The molecule has 3 saturated heterocycles. The number of aromatic hydroxyl groups is 3. The number of aliphatic hydroxyl groups excluding tert-OH is 9. The molecule has 0 radical (unpaired) electrons. The highest BCUT2D eigenvalue weighted by atomic mass is 16.8. The number of fused-ring (bicyclic) bond motifs is 1. The van der Waals surface area contributed by atoms with Gasteiger partial charge in [0.25, 0.3) is 0 Å². The molecule has 3 aliphatic rings. The van der Waals surface area contributed by atoms with E-state index < -0.39 is 133 Å². The predicted molar refractivity (Wildman–Crippen MR) is 171 cm³/mol. The molecule has 0 bridgehead atoms. The zero-order valence-corrected chi connectivity index (χ0v) is 27.7.